The number of rotatable bonds is 2. The number of hydrogen-bond acceptors (Lipinski definition) is 3. The van der Waals surface area contributed by atoms with Gasteiger partial charge in [0.25, 0.3) is 11.8 Å². The summed E-state index contributed by atoms with van der Waals surface area (Å²) in [6.07, 6.45) is -0.0842. The average molecular weight is 288 g/mol. The van der Waals surface area contributed by atoms with Crippen molar-refractivity contribution in [3.05, 3.63) is 34.4 Å². The Bertz CT molecular complexity index is 579. The number of benzene rings is 1. The van der Waals surface area contributed by atoms with Crippen molar-refractivity contribution in [1.82, 2.24) is 10.0 Å². The Morgan fingerprint density at radius 2 is 1.48 bits per heavy atom. The van der Waals surface area contributed by atoms with Crippen LogP contribution in [0.1, 0.15) is 28.2 Å². The van der Waals surface area contributed by atoms with Crippen LogP contribution in [0, 0.1) is 20.8 Å². The minimum atomic E-state index is -0.691. The third-order valence-corrected chi connectivity index (χ3v) is 4.41. The summed E-state index contributed by atoms with van der Waals surface area (Å²) in [7, 11) is 1.61. The lowest BCUT2D eigenvalue weighted by Gasteiger charge is -2.16. The molecule has 0 bridgehead atoms. The molecule has 1 aromatic rings. The number of aryl methyl sites for hydroxylation is 3. The van der Waals surface area contributed by atoms with Crippen LogP contribution < -0.4 is 0 Å². The Balaban J connectivity index is 1.99. The third-order valence-electron chi connectivity index (χ3n) is 4.41. The normalized spacial score (nSPS) is 19.8. The van der Waals surface area contributed by atoms with Crippen molar-refractivity contribution in [3.63, 3.8) is 0 Å². The molecule has 2 aliphatic heterocycles. The molecule has 0 radical (unpaired) electrons. The molecule has 0 atom stereocenters. The highest BCUT2D eigenvalue weighted by atomic mass is 16.5. The number of amides is 2. The molecule has 3 rings (SSSR count). The van der Waals surface area contributed by atoms with Crippen molar-refractivity contribution < 1.29 is 14.3 Å². The monoisotopic (exact) mass is 288 g/mol. The molecular formula is C16H20N2O3. The Labute approximate surface area is 124 Å². The van der Waals surface area contributed by atoms with Crippen LogP contribution in [0.4, 0.5) is 0 Å². The molecule has 0 N–H and O–H groups in total. The number of ether oxygens (including phenoxy) is 1. The topological polar surface area (TPSA) is 49.9 Å². The van der Waals surface area contributed by atoms with Gasteiger partial charge in [0.1, 0.15) is 5.92 Å². The number of carbonyl (C=O) groups is 2. The second-order valence-corrected chi connectivity index (χ2v) is 5.94. The number of fused-ring (bicyclic) bond motifs is 1. The predicted octanol–water partition coefficient (Wildman–Crippen LogP) is 1.31. The van der Waals surface area contributed by atoms with Crippen molar-refractivity contribution in [2.45, 2.75) is 32.8 Å². The van der Waals surface area contributed by atoms with Gasteiger partial charge in [-0.15, -0.1) is 0 Å². The van der Waals surface area contributed by atoms with E-state index >= 15 is 0 Å². The first-order chi connectivity index (χ1) is 9.93. The van der Waals surface area contributed by atoms with Crippen LogP contribution in [0.2, 0.25) is 0 Å². The molecule has 0 spiro atoms. The fourth-order valence-electron chi connectivity index (χ4n) is 3.50. The van der Waals surface area contributed by atoms with Gasteiger partial charge in [-0.25, -0.2) is 10.0 Å². The lowest BCUT2D eigenvalue weighted by molar-refractivity contribution is -0.141. The first-order valence-corrected chi connectivity index (χ1v) is 7.17. The van der Waals surface area contributed by atoms with Gasteiger partial charge in [-0.1, -0.05) is 17.7 Å². The summed E-state index contributed by atoms with van der Waals surface area (Å²) in [4.78, 5) is 25.3. The van der Waals surface area contributed by atoms with Crippen LogP contribution in [0.3, 0.4) is 0 Å². The average Bonchev–Trinajstić information content (AvgIpc) is 2.93. The number of methoxy groups -OCH3 is 1. The summed E-state index contributed by atoms with van der Waals surface area (Å²) in [6.45, 7) is 6.87. The van der Waals surface area contributed by atoms with Gasteiger partial charge in [0.15, 0.2) is 0 Å². The van der Waals surface area contributed by atoms with E-state index < -0.39 is 5.92 Å². The third kappa shape index (κ3) is 2.03. The Morgan fingerprint density at radius 3 is 1.90 bits per heavy atom. The molecule has 2 fully saturated rings. The lowest BCUT2D eigenvalue weighted by Crippen LogP contribution is -2.33. The van der Waals surface area contributed by atoms with Crippen molar-refractivity contribution in [2.24, 2.45) is 0 Å². The second-order valence-electron chi connectivity index (χ2n) is 5.94. The van der Waals surface area contributed by atoms with E-state index in [0.717, 1.165) is 22.3 Å². The molecule has 0 aromatic heterocycles. The van der Waals surface area contributed by atoms with Crippen molar-refractivity contribution >= 4 is 11.8 Å². The number of hydrazine groups is 1. The highest BCUT2D eigenvalue weighted by molar-refractivity contribution is 6.11. The zero-order valence-electron chi connectivity index (χ0n) is 12.8. The van der Waals surface area contributed by atoms with E-state index in [4.69, 9.17) is 4.74 Å². The Hall–Kier alpha value is -1.88. The molecule has 2 saturated heterocycles. The molecule has 2 heterocycles. The lowest BCUT2D eigenvalue weighted by atomic mass is 9.88. The first-order valence-electron chi connectivity index (χ1n) is 7.17. The van der Waals surface area contributed by atoms with Gasteiger partial charge in [-0.2, -0.15) is 0 Å². The fraction of sp³-hybridized carbons (Fsp3) is 0.500. The molecule has 112 valence electrons. The minimum Gasteiger partial charge on any atom is -0.378 e. The zero-order valence-corrected chi connectivity index (χ0v) is 12.8. The maximum Gasteiger partial charge on any atom is 0.258 e. The van der Waals surface area contributed by atoms with Crippen LogP contribution in [-0.2, 0) is 14.3 Å². The smallest absolute Gasteiger partial charge is 0.258 e. The first kappa shape index (κ1) is 14.1. The van der Waals surface area contributed by atoms with E-state index in [1.54, 1.807) is 17.1 Å². The maximum atomic E-state index is 12.7. The SMILES string of the molecule is COC1CN2C(=O)C(c3c(C)cc(C)cc3C)C(=O)N2C1. The summed E-state index contributed by atoms with van der Waals surface area (Å²) in [6, 6.07) is 4.05. The van der Waals surface area contributed by atoms with Gasteiger partial charge in [0.2, 0.25) is 0 Å². The van der Waals surface area contributed by atoms with E-state index in [1.807, 2.05) is 32.9 Å². The van der Waals surface area contributed by atoms with E-state index in [1.165, 1.54) is 0 Å². The Morgan fingerprint density at radius 1 is 1.00 bits per heavy atom. The fourth-order valence-corrected chi connectivity index (χ4v) is 3.50. The molecule has 5 heteroatoms. The number of nitrogens with zero attached hydrogens (tertiary/aromatic N) is 2. The van der Waals surface area contributed by atoms with Gasteiger partial charge in [-0.3, -0.25) is 9.59 Å². The van der Waals surface area contributed by atoms with E-state index in [2.05, 4.69) is 0 Å². The standard InChI is InChI=1S/C16H20N2O3/c1-9-5-10(2)13(11(3)6-9)14-15(19)17-7-12(21-4)8-18(17)16(14)20/h5-6,12,14H,7-8H2,1-4H3. The van der Waals surface area contributed by atoms with Crippen LogP contribution >= 0.6 is 0 Å². The highest BCUT2D eigenvalue weighted by Gasteiger charge is 2.51. The largest absolute Gasteiger partial charge is 0.378 e. The van der Waals surface area contributed by atoms with E-state index in [9.17, 15) is 9.59 Å². The molecule has 5 nitrogen and oxygen atoms in total. The van der Waals surface area contributed by atoms with Crippen LogP contribution in [0.15, 0.2) is 12.1 Å². The van der Waals surface area contributed by atoms with E-state index in [0.29, 0.717) is 13.1 Å². The summed E-state index contributed by atoms with van der Waals surface area (Å²) >= 11 is 0. The van der Waals surface area contributed by atoms with Gasteiger partial charge >= 0.3 is 0 Å². The Kier molecular flexibility index (Phi) is 3.24. The molecule has 1 aromatic carbocycles. The highest BCUT2D eigenvalue weighted by Crippen LogP contribution is 2.36. The molecular weight excluding hydrogens is 268 g/mol. The summed E-state index contributed by atoms with van der Waals surface area (Å²) in [5.41, 5.74) is 4.01. The van der Waals surface area contributed by atoms with Crippen molar-refractivity contribution in [3.8, 4) is 0 Å². The summed E-state index contributed by atoms with van der Waals surface area (Å²) < 4.78 is 5.26. The number of hydrogen-bond donors (Lipinski definition) is 0. The molecule has 0 aliphatic carbocycles. The summed E-state index contributed by atoms with van der Waals surface area (Å²) in [5, 5.41) is 3.08. The van der Waals surface area contributed by atoms with Crippen LogP contribution in [0.5, 0.6) is 0 Å². The van der Waals surface area contributed by atoms with Crippen molar-refractivity contribution in [1.29, 1.82) is 0 Å². The van der Waals surface area contributed by atoms with Gasteiger partial charge < -0.3 is 4.74 Å². The second kappa shape index (κ2) is 4.84. The molecule has 0 unspecified atom stereocenters. The van der Waals surface area contributed by atoms with Gasteiger partial charge in [0.05, 0.1) is 19.2 Å². The van der Waals surface area contributed by atoms with Gasteiger partial charge in [-0.05, 0) is 37.5 Å². The van der Waals surface area contributed by atoms with Crippen LogP contribution in [0.25, 0.3) is 0 Å². The molecule has 2 amide bonds. The van der Waals surface area contributed by atoms with Gasteiger partial charge in [0, 0.05) is 7.11 Å². The summed E-state index contributed by atoms with van der Waals surface area (Å²) in [5.74, 6) is -0.951. The molecule has 21 heavy (non-hydrogen) atoms. The zero-order chi connectivity index (χ0) is 15.3. The molecule has 0 saturated carbocycles. The van der Waals surface area contributed by atoms with Crippen molar-refractivity contribution in [2.75, 3.05) is 20.2 Å². The quantitative estimate of drug-likeness (QED) is 0.771. The predicted molar refractivity (Wildman–Crippen MR) is 77.6 cm³/mol. The van der Waals surface area contributed by atoms with E-state index in [-0.39, 0.29) is 17.9 Å². The van der Waals surface area contributed by atoms with Crippen LogP contribution in [-0.4, -0.2) is 48.1 Å². The maximum absolute atomic E-state index is 12.7. The number of carbonyl (C=O) groups excluding carboxylic acids is 2. The molecule has 2 aliphatic rings. The minimum absolute atomic E-state index is 0.0842.